The number of piperazine rings is 1. The average molecular weight is 519 g/mol. The van der Waals surface area contributed by atoms with Crippen LogP contribution in [0.4, 0.5) is 0 Å². The van der Waals surface area contributed by atoms with Gasteiger partial charge in [0.25, 0.3) is 5.56 Å². The second-order valence-corrected chi connectivity index (χ2v) is 11.7. The maximum absolute atomic E-state index is 13.7. The van der Waals surface area contributed by atoms with E-state index in [4.69, 9.17) is 9.72 Å². The first-order valence-corrected chi connectivity index (χ1v) is 13.8. The number of fused-ring (bicyclic) bond motifs is 1. The summed E-state index contributed by atoms with van der Waals surface area (Å²) in [6.07, 6.45) is 1.63. The van der Waals surface area contributed by atoms with Gasteiger partial charge in [-0.05, 0) is 68.0 Å². The molecule has 1 aliphatic rings. The number of nitrogens with zero attached hydrogens (tertiary/aromatic N) is 4. The molecular formula is C31H42N4O3. The zero-order valence-electron chi connectivity index (χ0n) is 23.7. The average Bonchev–Trinajstić information content (AvgIpc) is 2.88. The molecule has 2 aromatic carbocycles. The van der Waals surface area contributed by atoms with Crippen molar-refractivity contribution in [2.75, 3.05) is 32.8 Å². The van der Waals surface area contributed by atoms with Crippen LogP contribution in [0.3, 0.4) is 0 Å². The smallest absolute Gasteiger partial charge is 0.266 e. The maximum atomic E-state index is 13.7. The summed E-state index contributed by atoms with van der Waals surface area (Å²) in [7, 11) is 0. The highest BCUT2D eigenvalue weighted by molar-refractivity contribution is 5.78. The van der Waals surface area contributed by atoms with E-state index in [-0.39, 0.29) is 22.9 Å². The van der Waals surface area contributed by atoms with E-state index in [2.05, 4.69) is 39.5 Å². The van der Waals surface area contributed by atoms with E-state index >= 15 is 0 Å². The predicted molar refractivity (Wildman–Crippen MR) is 153 cm³/mol. The van der Waals surface area contributed by atoms with Crippen LogP contribution in [0.25, 0.3) is 16.6 Å². The highest BCUT2D eigenvalue weighted by atomic mass is 16.5. The summed E-state index contributed by atoms with van der Waals surface area (Å²) in [5.74, 6) is 2.08. The van der Waals surface area contributed by atoms with Crippen LogP contribution in [0.15, 0.2) is 53.3 Å². The first-order chi connectivity index (χ1) is 18.1. The topological polar surface area (TPSA) is 67.7 Å². The van der Waals surface area contributed by atoms with Gasteiger partial charge in [-0.3, -0.25) is 19.1 Å². The number of rotatable bonds is 8. The molecule has 1 aliphatic heterocycles. The van der Waals surface area contributed by atoms with Crippen molar-refractivity contribution in [3.05, 3.63) is 64.7 Å². The summed E-state index contributed by atoms with van der Waals surface area (Å²) in [5, 5.41) is 0.595. The van der Waals surface area contributed by atoms with Gasteiger partial charge >= 0.3 is 0 Å². The fraction of sp³-hybridized carbons (Fsp3) is 0.516. The molecule has 3 aromatic rings. The SMILES string of the molecule is CCOc1ccc(-n2c(C(C)N3CCN(C(=O)CC(C)CC(C)(C)C)CC3)nc3ccccc3c2=O)cc1. The van der Waals surface area contributed by atoms with Gasteiger partial charge in [-0.15, -0.1) is 0 Å². The molecule has 0 N–H and O–H groups in total. The van der Waals surface area contributed by atoms with Gasteiger partial charge in [-0.25, -0.2) is 4.98 Å². The van der Waals surface area contributed by atoms with Crippen LogP contribution in [-0.2, 0) is 4.79 Å². The Kier molecular flexibility index (Phi) is 8.56. The molecule has 0 saturated carbocycles. The van der Waals surface area contributed by atoms with Gasteiger partial charge in [0.2, 0.25) is 5.91 Å². The lowest BCUT2D eigenvalue weighted by Crippen LogP contribution is -2.50. The molecule has 2 atom stereocenters. The van der Waals surface area contributed by atoms with Crippen molar-refractivity contribution >= 4 is 16.8 Å². The number of ether oxygens (including phenoxy) is 1. The Morgan fingerprint density at radius 2 is 1.66 bits per heavy atom. The lowest BCUT2D eigenvalue weighted by molar-refractivity contribution is -0.134. The minimum Gasteiger partial charge on any atom is -0.494 e. The van der Waals surface area contributed by atoms with Crippen LogP contribution >= 0.6 is 0 Å². The van der Waals surface area contributed by atoms with Crippen molar-refractivity contribution in [2.45, 2.75) is 60.4 Å². The number of hydrogen-bond donors (Lipinski definition) is 0. The second kappa shape index (κ2) is 11.7. The highest BCUT2D eigenvalue weighted by Crippen LogP contribution is 2.28. The molecule has 0 bridgehead atoms. The molecule has 1 saturated heterocycles. The van der Waals surface area contributed by atoms with Crippen molar-refractivity contribution in [1.29, 1.82) is 0 Å². The van der Waals surface area contributed by atoms with Crippen molar-refractivity contribution in [3.63, 3.8) is 0 Å². The van der Waals surface area contributed by atoms with E-state index in [9.17, 15) is 9.59 Å². The molecule has 2 unspecified atom stereocenters. The first kappa shape index (κ1) is 27.8. The summed E-state index contributed by atoms with van der Waals surface area (Å²) in [5.41, 5.74) is 1.60. The molecule has 0 radical (unpaired) electrons. The van der Waals surface area contributed by atoms with Crippen LogP contribution in [0, 0.1) is 11.3 Å². The molecule has 1 fully saturated rings. The summed E-state index contributed by atoms with van der Waals surface area (Å²) < 4.78 is 7.33. The summed E-state index contributed by atoms with van der Waals surface area (Å²) in [6.45, 7) is 16.3. The minimum atomic E-state index is -0.101. The Morgan fingerprint density at radius 3 is 2.29 bits per heavy atom. The standard InChI is InChI=1S/C31H42N4O3/c1-7-38-25-14-12-24(13-15-25)35-29(32-27-11-9-8-10-26(27)30(35)37)23(3)33-16-18-34(19-17-33)28(36)20-22(2)21-31(4,5)6/h8-15,22-23H,7,16-21H2,1-6H3. The van der Waals surface area contributed by atoms with Crippen molar-refractivity contribution in [3.8, 4) is 11.4 Å². The number of aromatic nitrogens is 2. The number of benzene rings is 2. The Morgan fingerprint density at radius 1 is 1.00 bits per heavy atom. The van der Waals surface area contributed by atoms with Gasteiger partial charge in [0.15, 0.2) is 0 Å². The van der Waals surface area contributed by atoms with Crippen LogP contribution in [0.2, 0.25) is 0 Å². The zero-order valence-corrected chi connectivity index (χ0v) is 23.7. The number of hydrogen-bond acceptors (Lipinski definition) is 5. The van der Waals surface area contributed by atoms with Crippen LogP contribution in [0.1, 0.15) is 66.3 Å². The minimum absolute atomic E-state index is 0.0803. The number of amides is 1. The molecule has 0 spiro atoms. The molecule has 1 amide bonds. The van der Waals surface area contributed by atoms with Crippen LogP contribution in [0.5, 0.6) is 5.75 Å². The largest absolute Gasteiger partial charge is 0.494 e. The Bertz CT molecular complexity index is 1300. The molecule has 1 aromatic heterocycles. The van der Waals surface area contributed by atoms with Gasteiger partial charge in [0.05, 0.1) is 29.2 Å². The number of para-hydroxylation sites is 1. The molecule has 4 rings (SSSR count). The monoisotopic (exact) mass is 518 g/mol. The first-order valence-electron chi connectivity index (χ1n) is 13.8. The summed E-state index contributed by atoms with van der Waals surface area (Å²) >= 11 is 0. The van der Waals surface area contributed by atoms with Gasteiger partial charge in [0.1, 0.15) is 11.6 Å². The molecular weight excluding hydrogens is 476 g/mol. The molecule has 0 aliphatic carbocycles. The van der Waals surface area contributed by atoms with Gasteiger partial charge in [-0.1, -0.05) is 39.8 Å². The fourth-order valence-electron chi connectivity index (χ4n) is 5.60. The van der Waals surface area contributed by atoms with E-state index in [1.807, 2.05) is 60.4 Å². The normalized spacial score (nSPS) is 16.4. The highest BCUT2D eigenvalue weighted by Gasteiger charge is 2.29. The lowest BCUT2D eigenvalue weighted by Gasteiger charge is -2.38. The molecule has 7 heteroatoms. The Hall–Kier alpha value is -3.19. The van der Waals surface area contributed by atoms with E-state index < -0.39 is 0 Å². The van der Waals surface area contributed by atoms with E-state index in [0.29, 0.717) is 48.8 Å². The Labute approximate surface area is 226 Å². The van der Waals surface area contributed by atoms with Gasteiger partial charge in [-0.2, -0.15) is 0 Å². The van der Waals surface area contributed by atoms with Crippen LogP contribution in [-0.4, -0.2) is 58.0 Å². The Balaban J connectivity index is 1.56. The van der Waals surface area contributed by atoms with Gasteiger partial charge in [0, 0.05) is 32.6 Å². The zero-order chi connectivity index (χ0) is 27.4. The molecule has 204 valence electrons. The van der Waals surface area contributed by atoms with E-state index in [0.717, 1.165) is 30.9 Å². The predicted octanol–water partition coefficient (Wildman–Crippen LogP) is 5.45. The fourth-order valence-corrected chi connectivity index (χ4v) is 5.60. The molecule has 2 heterocycles. The van der Waals surface area contributed by atoms with Crippen molar-refractivity contribution < 1.29 is 9.53 Å². The molecule has 7 nitrogen and oxygen atoms in total. The number of carbonyl (C=O) groups excluding carboxylic acids is 1. The summed E-state index contributed by atoms with van der Waals surface area (Å²) in [6, 6.07) is 15.0. The third-order valence-electron chi connectivity index (χ3n) is 7.28. The van der Waals surface area contributed by atoms with Crippen molar-refractivity contribution in [2.24, 2.45) is 11.3 Å². The third-order valence-corrected chi connectivity index (χ3v) is 7.28. The molecule has 38 heavy (non-hydrogen) atoms. The van der Waals surface area contributed by atoms with E-state index in [1.54, 1.807) is 4.57 Å². The lowest BCUT2D eigenvalue weighted by atomic mass is 9.84. The van der Waals surface area contributed by atoms with Crippen molar-refractivity contribution in [1.82, 2.24) is 19.4 Å². The number of carbonyl (C=O) groups is 1. The van der Waals surface area contributed by atoms with E-state index in [1.165, 1.54) is 0 Å². The quantitative estimate of drug-likeness (QED) is 0.397. The van der Waals surface area contributed by atoms with Crippen LogP contribution < -0.4 is 10.3 Å². The second-order valence-electron chi connectivity index (χ2n) is 11.7. The maximum Gasteiger partial charge on any atom is 0.266 e. The summed E-state index contributed by atoms with van der Waals surface area (Å²) in [4.78, 5) is 36.0. The van der Waals surface area contributed by atoms with Gasteiger partial charge < -0.3 is 9.64 Å². The third kappa shape index (κ3) is 6.44.